The molecule has 4 aliphatic rings. The van der Waals surface area contributed by atoms with Crippen LogP contribution in [0.3, 0.4) is 0 Å². The molecular formula is C17H20N2O2. The standard InChI is InChI=1S/C17H20N2O2/c18-16(20)10-5-4-9-8-12-11-2-1-3-13-17(11,6-7-19-12)14(9)15(10)21-13/h4-5,11-13,19H,1-3,6-8H2,(H2,18,20). The summed E-state index contributed by atoms with van der Waals surface area (Å²) in [6.45, 7) is 1.06. The fourth-order valence-corrected chi connectivity index (χ4v) is 5.64. The summed E-state index contributed by atoms with van der Waals surface area (Å²) in [5, 5.41) is 3.72. The van der Waals surface area contributed by atoms with E-state index in [-0.39, 0.29) is 17.4 Å². The summed E-state index contributed by atoms with van der Waals surface area (Å²) in [6.07, 6.45) is 6.04. The summed E-state index contributed by atoms with van der Waals surface area (Å²) in [5.41, 5.74) is 9.00. The van der Waals surface area contributed by atoms with E-state index in [1.165, 1.54) is 24.0 Å². The molecule has 3 N–H and O–H groups in total. The van der Waals surface area contributed by atoms with Gasteiger partial charge in [-0.25, -0.2) is 0 Å². The van der Waals surface area contributed by atoms with Crippen LogP contribution in [0.25, 0.3) is 0 Å². The maximum atomic E-state index is 11.8. The quantitative estimate of drug-likeness (QED) is 0.821. The number of nitrogens with two attached hydrogens (primary N) is 1. The summed E-state index contributed by atoms with van der Waals surface area (Å²) >= 11 is 0. The Labute approximate surface area is 124 Å². The molecule has 0 aromatic heterocycles. The summed E-state index contributed by atoms with van der Waals surface area (Å²) in [6, 6.07) is 4.54. The Bertz CT molecular complexity index is 656. The highest BCUT2D eigenvalue weighted by atomic mass is 16.5. The van der Waals surface area contributed by atoms with Crippen LogP contribution in [0.1, 0.15) is 47.2 Å². The van der Waals surface area contributed by atoms with Gasteiger partial charge in [-0.3, -0.25) is 4.79 Å². The van der Waals surface area contributed by atoms with Crippen LogP contribution in [0, 0.1) is 5.92 Å². The molecule has 21 heavy (non-hydrogen) atoms. The first-order valence-electron chi connectivity index (χ1n) is 8.08. The van der Waals surface area contributed by atoms with Gasteiger partial charge in [-0.15, -0.1) is 0 Å². The van der Waals surface area contributed by atoms with E-state index in [1.807, 2.05) is 6.07 Å². The molecule has 4 unspecified atom stereocenters. The molecule has 4 nitrogen and oxygen atoms in total. The molecule has 1 aromatic carbocycles. The molecule has 1 saturated heterocycles. The van der Waals surface area contributed by atoms with Crippen LogP contribution < -0.4 is 15.8 Å². The summed E-state index contributed by atoms with van der Waals surface area (Å²) in [4.78, 5) is 11.8. The number of amides is 1. The molecule has 1 aromatic rings. The average molecular weight is 284 g/mol. The van der Waals surface area contributed by atoms with E-state index in [4.69, 9.17) is 10.5 Å². The van der Waals surface area contributed by atoms with E-state index in [0.29, 0.717) is 17.5 Å². The first-order valence-corrected chi connectivity index (χ1v) is 8.08. The highest BCUT2D eigenvalue weighted by molar-refractivity contribution is 5.97. The second-order valence-electron chi connectivity index (χ2n) is 7.04. The largest absolute Gasteiger partial charge is 0.488 e. The number of carbonyl (C=O) groups is 1. The number of hydrogen-bond donors (Lipinski definition) is 2. The van der Waals surface area contributed by atoms with Gasteiger partial charge in [0.05, 0.1) is 5.56 Å². The van der Waals surface area contributed by atoms with Gasteiger partial charge in [0.25, 0.3) is 5.91 Å². The third-order valence-corrected chi connectivity index (χ3v) is 6.32. The number of rotatable bonds is 1. The zero-order valence-electron chi connectivity index (χ0n) is 12.0. The van der Waals surface area contributed by atoms with Crippen molar-refractivity contribution in [3.63, 3.8) is 0 Å². The summed E-state index contributed by atoms with van der Waals surface area (Å²) in [5.74, 6) is 1.11. The molecule has 1 spiro atoms. The van der Waals surface area contributed by atoms with Crippen molar-refractivity contribution in [2.75, 3.05) is 6.54 Å². The van der Waals surface area contributed by atoms with E-state index in [1.54, 1.807) is 0 Å². The maximum absolute atomic E-state index is 11.8. The molecule has 2 fully saturated rings. The molecule has 0 radical (unpaired) electrons. The summed E-state index contributed by atoms with van der Waals surface area (Å²) < 4.78 is 6.34. The minimum atomic E-state index is -0.365. The molecule has 110 valence electrons. The van der Waals surface area contributed by atoms with E-state index >= 15 is 0 Å². The Hall–Kier alpha value is -1.55. The van der Waals surface area contributed by atoms with E-state index in [2.05, 4.69) is 11.4 Å². The molecule has 1 saturated carbocycles. The molecular weight excluding hydrogens is 264 g/mol. The molecule has 2 heterocycles. The van der Waals surface area contributed by atoms with Gasteiger partial charge in [-0.1, -0.05) is 6.07 Å². The number of carbonyl (C=O) groups excluding carboxylic acids is 1. The van der Waals surface area contributed by atoms with Crippen molar-refractivity contribution in [2.24, 2.45) is 11.7 Å². The lowest BCUT2D eigenvalue weighted by Crippen LogP contribution is -2.63. The van der Waals surface area contributed by atoms with Gasteiger partial charge >= 0.3 is 0 Å². The number of nitrogens with one attached hydrogen (secondary N) is 1. The van der Waals surface area contributed by atoms with Crippen molar-refractivity contribution >= 4 is 5.91 Å². The Morgan fingerprint density at radius 3 is 3.14 bits per heavy atom. The van der Waals surface area contributed by atoms with Crippen LogP contribution in [0.4, 0.5) is 0 Å². The second-order valence-corrected chi connectivity index (χ2v) is 7.04. The Balaban J connectivity index is 1.82. The van der Waals surface area contributed by atoms with E-state index in [9.17, 15) is 4.79 Å². The third-order valence-electron chi connectivity index (χ3n) is 6.32. The zero-order chi connectivity index (χ0) is 14.2. The van der Waals surface area contributed by atoms with Crippen molar-refractivity contribution in [1.82, 2.24) is 5.32 Å². The van der Waals surface area contributed by atoms with Crippen LogP contribution in [-0.2, 0) is 11.8 Å². The number of hydrogen-bond acceptors (Lipinski definition) is 3. The van der Waals surface area contributed by atoms with Gasteiger partial charge in [0.1, 0.15) is 11.9 Å². The van der Waals surface area contributed by atoms with Gasteiger partial charge in [-0.2, -0.15) is 0 Å². The monoisotopic (exact) mass is 284 g/mol. The minimum absolute atomic E-state index is 0.141. The maximum Gasteiger partial charge on any atom is 0.252 e. The first-order chi connectivity index (χ1) is 10.2. The van der Waals surface area contributed by atoms with Crippen LogP contribution in [0.5, 0.6) is 5.75 Å². The zero-order valence-corrected chi connectivity index (χ0v) is 12.0. The molecule has 4 atom stereocenters. The van der Waals surface area contributed by atoms with Crippen molar-refractivity contribution in [2.45, 2.75) is 49.7 Å². The smallest absolute Gasteiger partial charge is 0.252 e. The van der Waals surface area contributed by atoms with Gasteiger partial charge in [-0.05, 0) is 56.2 Å². The third kappa shape index (κ3) is 1.28. The van der Waals surface area contributed by atoms with Gasteiger partial charge in [0.15, 0.2) is 0 Å². The molecule has 4 heteroatoms. The summed E-state index contributed by atoms with van der Waals surface area (Å²) in [7, 11) is 0. The highest BCUT2D eigenvalue weighted by Crippen LogP contribution is 2.61. The van der Waals surface area contributed by atoms with Gasteiger partial charge in [0.2, 0.25) is 0 Å². The van der Waals surface area contributed by atoms with Crippen molar-refractivity contribution in [3.05, 3.63) is 28.8 Å². The van der Waals surface area contributed by atoms with Crippen LogP contribution >= 0.6 is 0 Å². The Kier molecular flexibility index (Phi) is 2.18. The second kappa shape index (κ2) is 3.80. The van der Waals surface area contributed by atoms with Gasteiger partial charge < -0.3 is 15.8 Å². The van der Waals surface area contributed by atoms with Crippen molar-refractivity contribution in [1.29, 1.82) is 0 Å². The van der Waals surface area contributed by atoms with Crippen molar-refractivity contribution in [3.8, 4) is 5.75 Å². The normalized spacial score (nSPS) is 38.6. The fraction of sp³-hybridized carbons (Fsp3) is 0.588. The molecule has 2 bridgehead atoms. The van der Waals surface area contributed by atoms with Crippen LogP contribution in [-0.4, -0.2) is 24.6 Å². The van der Waals surface area contributed by atoms with Gasteiger partial charge in [0, 0.05) is 17.0 Å². The Morgan fingerprint density at radius 1 is 1.38 bits per heavy atom. The van der Waals surface area contributed by atoms with Crippen LogP contribution in [0.15, 0.2) is 12.1 Å². The lowest BCUT2D eigenvalue weighted by molar-refractivity contribution is 0.00326. The molecule has 5 rings (SSSR count). The van der Waals surface area contributed by atoms with E-state index < -0.39 is 0 Å². The number of benzene rings is 1. The highest BCUT2D eigenvalue weighted by Gasteiger charge is 2.61. The van der Waals surface area contributed by atoms with E-state index in [0.717, 1.165) is 31.6 Å². The average Bonchev–Trinajstić information content (AvgIpc) is 2.79. The number of ether oxygens (including phenoxy) is 1. The van der Waals surface area contributed by atoms with Crippen LogP contribution in [0.2, 0.25) is 0 Å². The lowest BCUT2D eigenvalue weighted by Gasteiger charge is -2.55. The predicted molar refractivity (Wildman–Crippen MR) is 78.5 cm³/mol. The molecule has 2 aliphatic carbocycles. The predicted octanol–water partition coefficient (Wildman–Crippen LogP) is 1.50. The lowest BCUT2D eigenvalue weighted by atomic mass is 9.52. The number of piperidine rings is 1. The fourth-order valence-electron chi connectivity index (χ4n) is 5.64. The van der Waals surface area contributed by atoms with Crippen molar-refractivity contribution < 1.29 is 9.53 Å². The first kappa shape index (κ1) is 12.0. The minimum Gasteiger partial charge on any atom is -0.488 e. The molecule has 2 aliphatic heterocycles. The molecule has 1 amide bonds. The Morgan fingerprint density at radius 2 is 2.29 bits per heavy atom. The number of primary amides is 1. The SMILES string of the molecule is NC(=O)c1ccc2c3c1OC1CCCC4C(C2)NCCC314. The topological polar surface area (TPSA) is 64.4 Å².